The van der Waals surface area contributed by atoms with Crippen LogP contribution in [0.2, 0.25) is 0 Å². The molecule has 21 heavy (non-hydrogen) atoms. The molecule has 5 nitrogen and oxygen atoms in total. The third-order valence-electron chi connectivity index (χ3n) is 4.22. The molecule has 112 valence electrons. The molecule has 1 aromatic rings. The van der Waals surface area contributed by atoms with Gasteiger partial charge in [0.15, 0.2) is 0 Å². The molecular formula is C15H19FN4O. The standard InChI is InChI=1S/C15H19FN4O/c1-3-20(4-2)14(21)15(9-13(10-15)18-19-17)11-6-5-7-12(16)8-11/h5-8,13H,3-4,9-10H2,1-2H3. The van der Waals surface area contributed by atoms with Gasteiger partial charge in [0.2, 0.25) is 5.91 Å². The van der Waals surface area contributed by atoms with Crippen molar-refractivity contribution in [1.82, 2.24) is 4.90 Å². The largest absolute Gasteiger partial charge is 0.342 e. The molecular weight excluding hydrogens is 271 g/mol. The average molecular weight is 290 g/mol. The van der Waals surface area contributed by atoms with Gasteiger partial charge in [-0.25, -0.2) is 4.39 Å². The topological polar surface area (TPSA) is 69.1 Å². The summed E-state index contributed by atoms with van der Waals surface area (Å²) in [5, 5.41) is 3.68. The smallest absolute Gasteiger partial charge is 0.233 e. The third kappa shape index (κ3) is 2.72. The Kier molecular flexibility index (Phi) is 4.48. The van der Waals surface area contributed by atoms with Gasteiger partial charge >= 0.3 is 0 Å². The number of hydrogen-bond acceptors (Lipinski definition) is 2. The Labute approximate surface area is 123 Å². The molecule has 2 rings (SSSR count). The minimum atomic E-state index is -0.757. The van der Waals surface area contributed by atoms with Crippen molar-refractivity contribution in [3.05, 3.63) is 46.1 Å². The Morgan fingerprint density at radius 1 is 1.48 bits per heavy atom. The van der Waals surface area contributed by atoms with Crippen LogP contribution < -0.4 is 0 Å². The zero-order valence-electron chi connectivity index (χ0n) is 12.3. The summed E-state index contributed by atoms with van der Waals surface area (Å²) in [5.41, 5.74) is 8.44. The number of likely N-dealkylation sites (N-methyl/N-ethyl adjacent to an activating group) is 1. The number of hydrogen-bond donors (Lipinski definition) is 0. The first-order valence-corrected chi connectivity index (χ1v) is 7.17. The predicted octanol–water partition coefficient (Wildman–Crippen LogP) is 3.40. The van der Waals surface area contributed by atoms with Crippen molar-refractivity contribution in [2.45, 2.75) is 38.1 Å². The molecule has 0 saturated heterocycles. The number of amides is 1. The van der Waals surface area contributed by atoms with Crippen LogP contribution in [-0.2, 0) is 10.2 Å². The molecule has 6 heteroatoms. The van der Waals surface area contributed by atoms with Crippen LogP contribution in [-0.4, -0.2) is 29.9 Å². The van der Waals surface area contributed by atoms with Gasteiger partial charge in [0, 0.05) is 24.0 Å². The van der Waals surface area contributed by atoms with Crippen LogP contribution in [0.25, 0.3) is 10.4 Å². The lowest BCUT2D eigenvalue weighted by Gasteiger charge is -2.47. The molecule has 0 bridgehead atoms. The molecule has 1 amide bonds. The van der Waals surface area contributed by atoms with Crippen LogP contribution in [0.3, 0.4) is 0 Å². The van der Waals surface area contributed by atoms with Gasteiger partial charge in [-0.3, -0.25) is 4.79 Å². The van der Waals surface area contributed by atoms with E-state index in [1.165, 1.54) is 12.1 Å². The number of carbonyl (C=O) groups excluding carboxylic acids is 1. The van der Waals surface area contributed by atoms with Gasteiger partial charge in [-0.15, -0.1) is 0 Å². The first kappa shape index (κ1) is 15.3. The molecule has 0 radical (unpaired) electrons. The van der Waals surface area contributed by atoms with Crippen molar-refractivity contribution >= 4 is 5.91 Å². The fourth-order valence-electron chi connectivity index (χ4n) is 3.03. The Hall–Kier alpha value is -2.07. The molecule has 1 saturated carbocycles. The molecule has 0 aromatic heterocycles. The van der Waals surface area contributed by atoms with E-state index in [-0.39, 0.29) is 17.8 Å². The lowest BCUT2D eigenvalue weighted by Crippen LogP contribution is -2.55. The van der Waals surface area contributed by atoms with E-state index in [0.29, 0.717) is 31.5 Å². The summed E-state index contributed by atoms with van der Waals surface area (Å²) in [6.45, 7) is 5.06. The van der Waals surface area contributed by atoms with Crippen molar-refractivity contribution in [2.75, 3.05) is 13.1 Å². The van der Waals surface area contributed by atoms with Gasteiger partial charge in [0.25, 0.3) is 0 Å². The third-order valence-corrected chi connectivity index (χ3v) is 4.22. The quantitative estimate of drug-likeness (QED) is 0.465. The van der Waals surface area contributed by atoms with Crippen LogP contribution >= 0.6 is 0 Å². The molecule has 0 aliphatic heterocycles. The first-order chi connectivity index (χ1) is 10.1. The number of halogens is 1. The lowest BCUT2D eigenvalue weighted by atomic mass is 9.61. The number of nitrogens with zero attached hydrogens (tertiary/aromatic N) is 4. The van der Waals surface area contributed by atoms with Crippen molar-refractivity contribution in [3.63, 3.8) is 0 Å². The lowest BCUT2D eigenvalue weighted by molar-refractivity contribution is -0.141. The number of azide groups is 1. The molecule has 0 atom stereocenters. The fraction of sp³-hybridized carbons (Fsp3) is 0.533. The van der Waals surface area contributed by atoms with Gasteiger partial charge in [-0.2, -0.15) is 0 Å². The predicted molar refractivity (Wildman–Crippen MR) is 78.2 cm³/mol. The highest BCUT2D eigenvalue weighted by Gasteiger charge is 2.52. The van der Waals surface area contributed by atoms with Crippen LogP contribution in [0.15, 0.2) is 29.4 Å². The van der Waals surface area contributed by atoms with E-state index in [1.807, 2.05) is 13.8 Å². The van der Waals surface area contributed by atoms with E-state index in [9.17, 15) is 9.18 Å². The van der Waals surface area contributed by atoms with E-state index in [2.05, 4.69) is 10.0 Å². The number of rotatable bonds is 5. The average Bonchev–Trinajstić information content (AvgIpc) is 2.43. The Bertz CT molecular complexity index is 573. The van der Waals surface area contributed by atoms with Gasteiger partial charge in [0.1, 0.15) is 5.82 Å². The van der Waals surface area contributed by atoms with E-state index >= 15 is 0 Å². The summed E-state index contributed by atoms with van der Waals surface area (Å²) in [5.74, 6) is -0.367. The maximum atomic E-state index is 13.5. The van der Waals surface area contributed by atoms with E-state index < -0.39 is 5.41 Å². The Balaban J connectivity index is 2.37. The molecule has 1 aliphatic rings. The maximum Gasteiger partial charge on any atom is 0.233 e. The van der Waals surface area contributed by atoms with Crippen molar-refractivity contribution < 1.29 is 9.18 Å². The summed E-state index contributed by atoms with van der Waals surface area (Å²) < 4.78 is 13.5. The molecule has 0 N–H and O–H groups in total. The summed E-state index contributed by atoms with van der Waals surface area (Å²) in [6, 6.07) is 5.97. The SMILES string of the molecule is CCN(CC)C(=O)C1(c2cccc(F)c2)CC(N=[N+]=[N-])C1. The second-order valence-electron chi connectivity index (χ2n) is 5.34. The van der Waals surface area contributed by atoms with Gasteiger partial charge in [0.05, 0.1) is 5.41 Å². The second kappa shape index (κ2) is 6.14. The Morgan fingerprint density at radius 2 is 2.14 bits per heavy atom. The Morgan fingerprint density at radius 3 is 2.67 bits per heavy atom. The van der Waals surface area contributed by atoms with E-state index in [1.54, 1.807) is 17.0 Å². The van der Waals surface area contributed by atoms with Gasteiger partial charge < -0.3 is 4.90 Å². The monoisotopic (exact) mass is 290 g/mol. The number of benzene rings is 1. The zero-order chi connectivity index (χ0) is 15.5. The fourth-order valence-corrected chi connectivity index (χ4v) is 3.03. The molecule has 1 aromatic carbocycles. The van der Waals surface area contributed by atoms with Gasteiger partial charge in [-0.1, -0.05) is 17.2 Å². The molecule has 0 heterocycles. The highest BCUT2D eigenvalue weighted by molar-refractivity contribution is 5.89. The molecule has 1 fully saturated rings. The van der Waals surface area contributed by atoms with E-state index in [0.717, 1.165) is 0 Å². The first-order valence-electron chi connectivity index (χ1n) is 7.17. The molecule has 0 unspecified atom stereocenters. The second-order valence-corrected chi connectivity index (χ2v) is 5.34. The summed E-state index contributed by atoms with van der Waals surface area (Å²) in [7, 11) is 0. The minimum Gasteiger partial charge on any atom is -0.342 e. The van der Waals surface area contributed by atoms with Crippen molar-refractivity contribution in [1.29, 1.82) is 0 Å². The summed E-state index contributed by atoms with van der Waals surface area (Å²) in [6.07, 6.45) is 0.881. The minimum absolute atomic E-state index is 0.0116. The van der Waals surface area contributed by atoms with E-state index in [4.69, 9.17) is 5.53 Å². The van der Waals surface area contributed by atoms with Crippen LogP contribution in [0, 0.1) is 5.82 Å². The van der Waals surface area contributed by atoms with Gasteiger partial charge in [-0.05, 0) is 49.9 Å². The maximum absolute atomic E-state index is 13.5. The van der Waals surface area contributed by atoms with Crippen molar-refractivity contribution in [2.24, 2.45) is 5.11 Å². The van der Waals surface area contributed by atoms with Crippen LogP contribution in [0.1, 0.15) is 32.3 Å². The van der Waals surface area contributed by atoms with Crippen LogP contribution in [0.5, 0.6) is 0 Å². The van der Waals surface area contributed by atoms with Crippen LogP contribution in [0.4, 0.5) is 4.39 Å². The summed E-state index contributed by atoms with van der Waals surface area (Å²) >= 11 is 0. The van der Waals surface area contributed by atoms with Crippen molar-refractivity contribution in [3.8, 4) is 0 Å². The highest BCUT2D eigenvalue weighted by Crippen LogP contribution is 2.47. The molecule has 1 aliphatic carbocycles. The highest BCUT2D eigenvalue weighted by atomic mass is 19.1. The zero-order valence-corrected chi connectivity index (χ0v) is 12.3. The summed E-state index contributed by atoms with van der Waals surface area (Å²) in [4.78, 5) is 17.4. The molecule has 0 spiro atoms. The number of carbonyl (C=O) groups is 1. The normalized spacial score (nSPS) is 23.9.